The molecule has 0 saturated heterocycles. The Kier molecular flexibility index (Phi) is 7.66. The number of nitrogens with zero attached hydrogens (tertiary/aromatic N) is 2. The second-order valence-corrected chi connectivity index (χ2v) is 4.13. The summed E-state index contributed by atoms with van der Waals surface area (Å²) in [5.74, 6) is 1.44. The molecule has 0 radical (unpaired) electrons. The second kappa shape index (κ2) is 7.91. The third kappa shape index (κ3) is 3.74. The zero-order valence-electron chi connectivity index (χ0n) is 10.5. The second-order valence-electron chi connectivity index (χ2n) is 3.32. The third-order valence-electron chi connectivity index (χ3n) is 2.56. The fourth-order valence-corrected chi connectivity index (χ4v) is 2.10. The molecule has 84 valence electrons. The van der Waals surface area contributed by atoms with Crippen molar-refractivity contribution in [3.05, 3.63) is 11.9 Å². The highest BCUT2D eigenvalue weighted by Crippen LogP contribution is 2.10. The van der Waals surface area contributed by atoms with Gasteiger partial charge in [-0.1, -0.05) is 0 Å². The van der Waals surface area contributed by atoms with Crippen LogP contribution in [0.3, 0.4) is 0 Å². The molecule has 0 unspecified atom stereocenters. The van der Waals surface area contributed by atoms with E-state index in [0.717, 1.165) is 26.2 Å². The summed E-state index contributed by atoms with van der Waals surface area (Å²) >= 11 is 0. The van der Waals surface area contributed by atoms with Crippen LogP contribution in [0.4, 0.5) is 0 Å². The molecule has 3 heteroatoms. The van der Waals surface area contributed by atoms with Gasteiger partial charge in [0.25, 0.3) is 0 Å². The lowest BCUT2D eigenvalue weighted by molar-refractivity contribution is 0.234. The normalized spacial score (nSPS) is 10.0. The smallest absolute Gasteiger partial charge is 0.0994 e. The molecule has 0 aromatic rings. The van der Waals surface area contributed by atoms with E-state index >= 15 is 0 Å². The van der Waals surface area contributed by atoms with Crippen LogP contribution in [0.15, 0.2) is 11.9 Å². The van der Waals surface area contributed by atoms with E-state index in [0.29, 0.717) is 0 Å². The molecular weight excluding hydrogens is 188 g/mol. The average Bonchev–Trinajstić information content (AvgIpc) is 2.21. The minimum absolute atomic E-state index is 1.11. The quantitative estimate of drug-likeness (QED) is 0.589. The van der Waals surface area contributed by atoms with Gasteiger partial charge in [0.2, 0.25) is 0 Å². The van der Waals surface area contributed by atoms with E-state index in [1.54, 1.807) is 0 Å². The van der Waals surface area contributed by atoms with Crippen molar-refractivity contribution in [2.24, 2.45) is 0 Å². The molecule has 0 spiro atoms. The molecule has 0 aliphatic heterocycles. The molecular formula is C11H26N2Si. The van der Waals surface area contributed by atoms with Gasteiger partial charge in [0.15, 0.2) is 0 Å². The van der Waals surface area contributed by atoms with Crippen LogP contribution < -0.4 is 0 Å². The maximum atomic E-state index is 2.45. The summed E-state index contributed by atoms with van der Waals surface area (Å²) < 4.78 is 0. The van der Waals surface area contributed by atoms with Crippen molar-refractivity contribution < 1.29 is 0 Å². The molecule has 0 rings (SSSR count). The molecule has 0 aliphatic rings. The predicted molar refractivity (Wildman–Crippen MR) is 68.7 cm³/mol. The number of allylic oxidation sites excluding steroid dienone is 1. The topological polar surface area (TPSA) is 6.48 Å². The molecule has 0 aromatic carbocycles. The van der Waals surface area contributed by atoms with Crippen LogP contribution in [0, 0.1) is 0 Å². The summed E-state index contributed by atoms with van der Waals surface area (Å²) in [7, 11) is 1.26. The summed E-state index contributed by atoms with van der Waals surface area (Å²) in [6.45, 7) is 13.4. The van der Waals surface area contributed by atoms with Crippen molar-refractivity contribution in [3.63, 3.8) is 0 Å². The van der Waals surface area contributed by atoms with Gasteiger partial charge in [-0.3, -0.25) is 0 Å². The molecule has 0 aromatic heterocycles. The lowest BCUT2D eigenvalue weighted by atomic mass is 10.4. The maximum Gasteiger partial charge on any atom is 0.0994 e. The summed E-state index contributed by atoms with van der Waals surface area (Å²) in [5.41, 5.74) is 0. The van der Waals surface area contributed by atoms with Gasteiger partial charge in [-0.15, -0.1) is 0 Å². The van der Waals surface area contributed by atoms with Gasteiger partial charge in [-0.2, -0.15) is 0 Å². The Labute approximate surface area is 92.4 Å². The van der Waals surface area contributed by atoms with Gasteiger partial charge >= 0.3 is 0 Å². The predicted octanol–water partition coefficient (Wildman–Crippen LogP) is 1.30. The van der Waals surface area contributed by atoms with Crippen LogP contribution in [0.2, 0.25) is 6.04 Å². The molecule has 2 nitrogen and oxygen atoms in total. The van der Waals surface area contributed by atoms with Crippen LogP contribution in [0.25, 0.3) is 0 Å². The van der Waals surface area contributed by atoms with E-state index in [4.69, 9.17) is 0 Å². The van der Waals surface area contributed by atoms with E-state index < -0.39 is 0 Å². The van der Waals surface area contributed by atoms with Crippen molar-refractivity contribution in [2.75, 3.05) is 26.2 Å². The minimum atomic E-state index is 1.11. The number of hydrogen-bond acceptors (Lipinski definition) is 2. The molecule has 0 bridgehead atoms. The van der Waals surface area contributed by atoms with Gasteiger partial charge in [-0.05, 0) is 39.8 Å². The highest BCUT2D eigenvalue weighted by Gasteiger charge is 2.10. The summed E-state index contributed by atoms with van der Waals surface area (Å²) in [6, 6.07) is 1.25. The van der Waals surface area contributed by atoms with Crippen molar-refractivity contribution in [1.29, 1.82) is 0 Å². The zero-order valence-corrected chi connectivity index (χ0v) is 12.5. The van der Waals surface area contributed by atoms with E-state index in [1.807, 2.05) is 0 Å². The molecule has 0 N–H and O–H groups in total. The Morgan fingerprint density at radius 1 is 0.929 bits per heavy atom. The summed E-state index contributed by atoms with van der Waals surface area (Å²) in [4.78, 5) is 4.90. The zero-order chi connectivity index (χ0) is 11.0. The Bertz CT molecular complexity index is 147. The third-order valence-corrected chi connectivity index (χ3v) is 2.97. The molecule has 14 heavy (non-hydrogen) atoms. The van der Waals surface area contributed by atoms with E-state index in [-0.39, 0.29) is 0 Å². The largest absolute Gasteiger partial charge is 0.359 e. The molecule has 0 aliphatic carbocycles. The van der Waals surface area contributed by atoms with E-state index in [1.165, 1.54) is 22.1 Å². The van der Waals surface area contributed by atoms with Gasteiger partial charge in [0.1, 0.15) is 0 Å². The highest BCUT2D eigenvalue weighted by molar-refractivity contribution is 6.09. The van der Waals surface area contributed by atoms with Crippen LogP contribution >= 0.6 is 0 Å². The highest BCUT2D eigenvalue weighted by atomic mass is 28.1. The fraction of sp³-hybridized carbons (Fsp3) is 0.818. The minimum Gasteiger partial charge on any atom is -0.359 e. The first-order chi connectivity index (χ1) is 6.74. The Morgan fingerprint density at radius 3 is 1.50 bits per heavy atom. The fourth-order valence-electron chi connectivity index (χ4n) is 1.74. The van der Waals surface area contributed by atoms with Gasteiger partial charge < -0.3 is 9.80 Å². The molecule has 0 fully saturated rings. The van der Waals surface area contributed by atoms with E-state index in [2.05, 4.69) is 43.6 Å². The monoisotopic (exact) mass is 214 g/mol. The summed E-state index contributed by atoms with van der Waals surface area (Å²) in [6.07, 6.45) is 2.40. The number of rotatable bonds is 7. The molecule has 0 heterocycles. The van der Waals surface area contributed by atoms with Gasteiger partial charge in [-0.25, -0.2) is 0 Å². The van der Waals surface area contributed by atoms with Gasteiger partial charge in [0, 0.05) is 36.4 Å². The summed E-state index contributed by atoms with van der Waals surface area (Å²) in [5, 5.41) is 0. The lowest BCUT2D eigenvalue weighted by Gasteiger charge is -2.33. The lowest BCUT2D eigenvalue weighted by Crippen LogP contribution is -2.35. The maximum absolute atomic E-state index is 2.45. The molecule has 0 saturated carbocycles. The first-order valence-electron chi connectivity index (χ1n) is 5.94. The van der Waals surface area contributed by atoms with Crippen molar-refractivity contribution in [2.45, 2.75) is 33.7 Å². The van der Waals surface area contributed by atoms with Crippen molar-refractivity contribution in [3.8, 4) is 0 Å². The van der Waals surface area contributed by atoms with Crippen molar-refractivity contribution >= 4 is 10.2 Å². The standard InChI is InChI=1S/C11H26N2Si/c1-5-12(6-2)11(9-10-14)13(7-3)8-4/h9H,5-8,10H2,1-4,14H3. The molecule has 0 atom stereocenters. The SMILES string of the molecule is CCN(CC)C(=CC[SiH3])N(CC)CC. The first-order valence-corrected chi connectivity index (χ1v) is 7.36. The van der Waals surface area contributed by atoms with Crippen LogP contribution in [-0.2, 0) is 0 Å². The first kappa shape index (κ1) is 13.6. The molecule has 0 amide bonds. The Hall–Kier alpha value is -0.443. The van der Waals surface area contributed by atoms with Crippen LogP contribution in [0.5, 0.6) is 0 Å². The van der Waals surface area contributed by atoms with Gasteiger partial charge in [0.05, 0.1) is 5.82 Å². The van der Waals surface area contributed by atoms with Crippen molar-refractivity contribution in [1.82, 2.24) is 9.80 Å². The average molecular weight is 214 g/mol. The van der Waals surface area contributed by atoms with Crippen LogP contribution in [0.1, 0.15) is 27.7 Å². The van der Waals surface area contributed by atoms with E-state index in [9.17, 15) is 0 Å². The van der Waals surface area contributed by atoms with Crippen LogP contribution in [-0.4, -0.2) is 46.2 Å². The Morgan fingerprint density at radius 2 is 1.29 bits per heavy atom. The number of hydrogen-bond donors (Lipinski definition) is 0. The Balaban J connectivity index is 4.63.